The van der Waals surface area contributed by atoms with Gasteiger partial charge in [-0.1, -0.05) is 34.7 Å². The molecule has 1 aliphatic carbocycles. The summed E-state index contributed by atoms with van der Waals surface area (Å²) in [5, 5.41) is 25.3. The molecule has 0 fully saturated rings. The topological polar surface area (TPSA) is 125 Å². The van der Waals surface area contributed by atoms with Gasteiger partial charge in [0.2, 0.25) is 0 Å². The van der Waals surface area contributed by atoms with E-state index in [-0.39, 0.29) is 24.8 Å². The van der Waals surface area contributed by atoms with E-state index in [0.29, 0.717) is 11.4 Å². The number of esters is 1. The molecule has 0 radical (unpaired) electrons. The van der Waals surface area contributed by atoms with Crippen LogP contribution in [0.2, 0.25) is 0 Å². The molecular formula is C23H20N6O4. The number of benzene rings is 2. The van der Waals surface area contributed by atoms with Crippen molar-refractivity contribution in [1.29, 1.82) is 0 Å². The van der Waals surface area contributed by atoms with Gasteiger partial charge in [-0.25, -0.2) is 9.36 Å². The van der Waals surface area contributed by atoms with E-state index in [1.165, 1.54) is 27.6 Å². The van der Waals surface area contributed by atoms with Gasteiger partial charge in [0.1, 0.15) is 31.1 Å². The van der Waals surface area contributed by atoms with E-state index in [1.54, 1.807) is 12.4 Å². The van der Waals surface area contributed by atoms with E-state index in [2.05, 4.69) is 49.6 Å². The maximum Gasteiger partial charge on any atom is 0.327 e. The molecule has 0 aliphatic heterocycles. The Morgan fingerprint density at radius 3 is 1.97 bits per heavy atom. The number of Topliss-reactive ketones (excluding diaryl/α,β-unsaturated/α-hetero) is 1. The second-order valence-corrected chi connectivity index (χ2v) is 7.80. The van der Waals surface area contributed by atoms with E-state index in [9.17, 15) is 9.59 Å². The molecule has 10 heteroatoms. The molecule has 2 aromatic carbocycles. The van der Waals surface area contributed by atoms with Gasteiger partial charge in [-0.2, -0.15) is 0 Å². The second kappa shape index (κ2) is 8.40. The maximum atomic E-state index is 11.5. The number of hydrogen-bond acceptors (Lipinski definition) is 8. The molecule has 166 valence electrons. The van der Waals surface area contributed by atoms with Crippen LogP contribution in [0.4, 0.5) is 0 Å². The van der Waals surface area contributed by atoms with Crippen molar-refractivity contribution in [3.63, 3.8) is 0 Å². The lowest BCUT2D eigenvalue weighted by atomic mass is 9.99. The summed E-state index contributed by atoms with van der Waals surface area (Å²) in [5.74, 6) is -0.718. The van der Waals surface area contributed by atoms with Gasteiger partial charge in [0.25, 0.3) is 0 Å². The van der Waals surface area contributed by atoms with E-state index in [1.807, 2.05) is 12.1 Å². The van der Waals surface area contributed by atoms with Crippen LogP contribution in [0.1, 0.15) is 11.1 Å². The minimum atomic E-state index is -0.524. The summed E-state index contributed by atoms with van der Waals surface area (Å²) in [6, 6.07) is 12.3. The van der Waals surface area contributed by atoms with Crippen LogP contribution in [0, 0.1) is 0 Å². The smallest absolute Gasteiger partial charge is 0.327 e. The van der Waals surface area contributed by atoms with Gasteiger partial charge in [-0.15, -0.1) is 10.2 Å². The number of hydrogen-bond donors (Lipinski definition) is 1. The first-order valence-electron chi connectivity index (χ1n) is 10.3. The van der Waals surface area contributed by atoms with E-state index < -0.39 is 6.61 Å². The van der Waals surface area contributed by atoms with Crippen LogP contribution in [-0.4, -0.2) is 60.6 Å². The molecule has 1 aliphatic rings. The quantitative estimate of drug-likeness (QED) is 0.375. The molecule has 10 nitrogen and oxygen atoms in total. The fourth-order valence-corrected chi connectivity index (χ4v) is 3.93. The van der Waals surface area contributed by atoms with Crippen LogP contribution in [0.25, 0.3) is 33.6 Å². The molecule has 0 atom stereocenters. The second-order valence-electron chi connectivity index (χ2n) is 7.80. The molecule has 5 rings (SSSR count). The summed E-state index contributed by atoms with van der Waals surface area (Å²) in [4.78, 5) is 22.9. The fourth-order valence-electron chi connectivity index (χ4n) is 3.93. The van der Waals surface area contributed by atoms with Crippen LogP contribution < -0.4 is 0 Å². The molecule has 0 saturated heterocycles. The average molecular weight is 444 g/mol. The number of methoxy groups -OCH3 is 1. The molecule has 0 unspecified atom stereocenters. The molecule has 1 N–H and O–H groups in total. The average Bonchev–Trinajstić information content (AvgIpc) is 3.56. The van der Waals surface area contributed by atoms with Gasteiger partial charge in [-0.3, -0.25) is 9.59 Å². The fraction of sp³-hybridized carbons (Fsp3) is 0.217. The third kappa shape index (κ3) is 4.03. The number of nitrogens with zero attached hydrogens (tertiary/aromatic N) is 6. The van der Waals surface area contributed by atoms with Crippen molar-refractivity contribution in [1.82, 2.24) is 30.0 Å². The molecule has 0 saturated carbocycles. The highest BCUT2D eigenvalue weighted by Crippen LogP contribution is 2.40. The largest absolute Gasteiger partial charge is 0.468 e. The normalized spacial score (nSPS) is 11.8. The first-order chi connectivity index (χ1) is 16.0. The molecular weight excluding hydrogens is 424 g/mol. The first-order valence-corrected chi connectivity index (χ1v) is 10.3. The number of aliphatic hydroxyl groups excluding tert-OH is 1. The molecule has 0 spiro atoms. The van der Waals surface area contributed by atoms with E-state index in [0.717, 1.165) is 28.7 Å². The maximum absolute atomic E-state index is 11.5. The van der Waals surface area contributed by atoms with Gasteiger partial charge >= 0.3 is 5.97 Å². The number of carbonyl (C=O) groups is 2. The van der Waals surface area contributed by atoms with Gasteiger partial charge in [0, 0.05) is 11.1 Å². The number of rotatable bonds is 7. The van der Waals surface area contributed by atoms with Crippen LogP contribution >= 0.6 is 0 Å². The summed E-state index contributed by atoms with van der Waals surface area (Å²) in [6.45, 7) is -0.536. The highest BCUT2D eigenvalue weighted by Gasteiger charge is 2.21. The number of ketones is 1. The Bertz CT molecular complexity index is 1270. The Morgan fingerprint density at radius 1 is 0.909 bits per heavy atom. The zero-order chi connectivity index (χ0) is 22.9. The van der Waals surface area contributed by atoms with Gasteiger partial charge < -0.3 is 9.84 Å². The van der Waals surface area contributed by atoms with Crippen molar-refractivity contribution in [3.05, 3.63) is 59.9 Å². The highest BCUT2D eigenvalue weighted by molar-refractivity contribution is 5.83. The number of aromatic nitrogens is 6. The minimum Gasteiger partial charge on any atom is -0.468 e. The van der Waals surface area contributed by atoms with Crippen LogP contribution in [0.3, 0.4) is 0 Å². The van der Waals surface area contributed by atoms with Crippen LogP contribution in [0.15, 0.2) is 48.8 Å². The standard InChI is InChI=1S/C23H20N6O4/c1-33-23(32)12-29-11-22(25-27-29)17-5-3-15-6-14-2-4-16(7-19(14)20(15)8-17)21-10-28(26-24-21)9-18(31)13-30/h2-5,7-8,10-11,30H,6,9,12-13H2,1H3. The highest BCUT2D eigenvalue weighted by atomic mass is 16.5. The number of aliphatic hydroxyl groups is 1. The van der Waals surface area contributed by atoms with Crippen LogP contribution in [-0.2, 0) is 33.8 Å². The van der Waals surface area contributed by atoms with Gasteiger partial charge in [0.05, 0.1) is 19.5 Å². The summed E-state index contributed by atoms with van der Waals surface area (Å²) in [5.41, 5.74) is 7.74. The van der Waals surface area contributed by atoms with Crippen molar-refractivity contribution in [2.75, 3.05) is 13.7 Å². The third-order valence-corrected chi connectivity index (χ3v) is 5.59. The molecule has 4 aromatic rings. The zero-order valence-electron chi connectivity index (χ0n) is 17.8. The molecule has 2 aromatic heterocycles. The summed E-state index contributed by atoms with van der Waals surface area (Å²) in [6.07, 6.45) is 4.25. The lowest BCUT2D eigenvalue weighted by Gasteiger charge is -2.05. The Morgan fingerprint density at radius 2 is 1.45 bits per heavy atom. The Hall–Kier alpha value is -4.18. The van der Waals surface area contributed by atoms with Gasteiger partial charge in [0.15, 0.2) is 5.78 Å². The van der Waals surface area contributed by atoms with Gasteiger partial charge in [-0.05, 0) is 40.8 Å². The van der Waals surface area contributed by atoms with E-state index >= 15 is 0 Å². The number of fused-ring (bicyclic) bond motifs is 3. The third-order valence-electron chi connectivity index (χ3n) is 5.59. The number of carbonyl (C=O) groups excluding carboxylic acids is 2. The monoisotopic (exact) mass is 444 g/mol. The lowest BCUT2D eigenvalue weighted by molar-refractivity contribution is -0.141. The minimum absolute atomic E-state index is 0.00518. The Kier molecular flexibility index (Phi) is 5.27. The SMILES string of the molecule is COC(=O)Cn1cc(-c2ccc3c(c2)-c2cc(-c4cn(CC(=O)CO)nn4)ccc2C3)nn1. The van der Waals surface area contributed by atoms with Crippen molar-refractivity contribution in [2.45, 2.75) is 19.5 Å². The van der Waals surface area contributed by atoms with E-state index in [4.69, 9.17) is 5.11 Å². The summed E-state index contributed by atoms with van der Waals surface area (Å²) in [7, 11) is 1.33. The zero-order valence-corrected chi connectivity index (χ0v) is 17.8. The van der Waals surface area contributed by atoms with Crippen molar-refractivity contribution >= 4 is 11.8 Å². The summed E-state index contributed by atoms with van der Waals surface area (Å²) >= 11 is 0. The molecule has 33 heavy (non-hydrogen) atoms. The van der Waals surface area contributed by atoms with Crippen molar-refractivity contribution in [3.8, 4) is 33.6 Å². The number of ether oxygens (including phenoxy) is 1. The van der Waals surface area contributed by atoms with Crippen molar-refractivity contribution in [2.24, 2.45) is 0 Å². The lowest BCUT2D eigenvalue weighted by Crippen LogP contribution is -2.13. The Balaban J connectivity index is 1.44. The molecule has 0 bridgehead atoms. The van der Waals surface area contributed by atoms with Crippen LogP contribution in [0.5, 0.6) is 0 Å². The molecule has 0 amide bonds. The summed E-state index contributed by atoms with van der Waals surface area (Å²) < 4.78 is 7.55. The Labute approximate surface area is 188 Å². The van der Waals surface area contributed by atoms with Crippen molar-refractivity contribution < 1.29 is 19.4 Å². The molecule has 2 heterocycles. The predicted molar refractivity (Wildman–Crippen MR) is 117 cm³/mol. The predicted octanol–water partition coefficient (Wildman–Crippen LogP) is 1.51. The first kappa shape index (κ1) is 20.7.